The van der Waals surface area contributed by atoms with Gasteiger partial charge < -0.3 is 4.74 Å². The Hall–Kier alpha value is -1.47. The molecule has 0 unspecified atom stereocenters. The molecule has 7 heteroatoms. The van der Waals surface area contributed by atoms with Gasteiger partial charge in [0.25, 0.3) is 0 Å². The van der Waals surface area contributed by atoms with Crippen molar-refractivity contribution < 1.29 is 9.26 Å². The molecule has 1 aliphatic rings. The van der Waals surface area contributed by atoms with Crippen molar-refractivity contribution in [1.29, 1.82) is 0 Å². The molecule has 2 aromatic heterocycles. The van der Waals surface area contributed by atoms with Gasteiger partial charge in [0, 0.05) is 17.4 Å². The fourth-order valence-electron chi connectivity index (χ4n) is 3.73. The molecule has 0 bridgehead atoms. The number of hydrogen-bond acceptors (Lipinski definition) is 6. The van der Waals surface area contributed by atoms with Crippen LogP contribution in [0.3, 0.4) is 0 Å². The van der Waals surface area contributed by atoms with E-state index in [-0.39, 0.29) is 17.4 Å². The lowest BCUT2D eigenvalue weighted by atomic mass is 9.67. The van der Waals surface area contributed by atoms with Crippen LogP contribution < -0.4 is 5.76 Å². The normalized spacial score (nSPS) is 18.8. The second-order valence-corrected chi connectivity index (χ2v) is 8.75. The summed E-state index contributed by atoms with van der Waals surface area (Å²) < 4.78 is 11.3. The molecule has 0 aromatic carbocycles. The summed E-state index contributed by atoms with van der Waals surface area (Å²) in [5.74, 6) is 0.0232. The molecular formula is C16H23N3O3S. The van der Waals surface area contributed by atoms with Crippen LogP contribution in [0.25, 0.3) is 0 Å². The van der Waals surface area contributed by atoms with Gasteiger partial charge in [-0.05, 0) is 18.3 Å². The van der Waals surface area contributed by atoms with Crippen LogP contribution in [0.15, 0.2) is 9.32 Å². The summed E-state index contributed by atoms with van der Waals surface area (Å²) in [6.07, 6.45) is 2.11. The predicted molar refractivity (Wildman–Crippen MR) is 87.8 cm³/mol. The summed E-state index contributed by atoms with van der Waals surface area (Å²) in [5.41, 5.74) is 1.53. The lowest BCUT2D eigenvalue weighted by molar-refractivity contribution is 0.171. The number of methoxy groups -OCH3 is 1. The summed E-state index contributed by atoms with van der Waals surface area (Å²) in [6, 6.07) is 0. The SMILES string of the molecule is COCc1noc(=O)n1Cc1nc2c(s1)C(C)(C)CC(C)(C)C2. The Morgan fingerprint density at radius 2 is 2.09 bits per heavy atom. The quantitative estimate of drug-likeness (QED) is 0.858. The zero-order valence-electron chi connectivity index (χ0n) is 14.3. The molecular weight excluding hydrogens is 314 g/mol. The topological polar surface area (TPSA) is 70.2 Å². The zero-order chi connectivity index (χ0) is 16.8. The molecule has 0 atom stereocenters. The summed E-state index contributed by atoms with van der Waals surface area (Å²) in [7, 11) is 1.57. The van der Waals surface area contributed by atoms with Gasteiger partial charge >= 0.3 is 5.76 Å². The first kappa shape index (κ1) is 16.4. The predicted octanol–water partition coefficient (Wildman–Crippen LogP) is 2.74. The molecule has 1 aliphatic carbocycles. The van der Waals surface area contributed by atoms with Gasteiger partial charge in [0.2, 0.25) is 0 Å². The Bertz CT molecular complexity index is 770. The third kappa shape index (κ3) is 3.12. The van der Waals surface area contributed by atoms with Crippen molar-refractivity contribution in [3.63, 3.8) is 0 Å². The zero-order valence-corrected chi connectivity index (χ0v) is 15.1. The Morgan fingerprint density at radius 3 is 2.78 bits per heavy atom. The molecule has 0 aliphatic heterocycles. The van der Waals surface area contributed by atoms with Crippen molar-refractivity contribution in [2.75, 3.05) is 7.11 Å². The first-order chi connectivity index (χ1) is 10.7. The standard InChI is InChI=1S/C16H23N3O3S/c1-15(2)6-10-13(16(3,4)9-15)23-12(17-10)7-19-11(8-21-5)18-22-14(19)20/h6-9H2,1-5H3. The van der Waals surface area contributed by atoms with E-state index < -0.39 is 5.76 Å². The van der Waals surface area contributed by atoms with Crippen molar-refractivity contribution in [3.05, 3.63) is 32.0 Å². The number of rotatable bonds is 4. The van der Waals surface area contributed by atoms with Crippen LogP contribution in [-0.2, 0) is 29.7 Å². The van der Waals surface area contributed by atoms with Crippen LogP contribution in [0.1, 0.15) is 55.5 Å². The maximum Gasteiger partial charge on any atom is 0.442 e. The van der Waals surface area contributed by atoms with E-state index in [4.69, 9.17) is 14.2 Å². The molecule has 0 spiro atoms. The molecule has 0 N–H and O–H groups in total. The van der Waals surface area contributed by atoms with Crippen LogP contribution in [0.2, 0.25) is 0 Å². The minimum atomic E-state index is -0.468. The fourth-order valence-corrected chi connectivity index (χ4v) is 4.90. The van der Waals surface area contributed by atoms with Crippen molar-refractivity contribution in [2.45, 2.75) is 59.1 Å². The molecule has 2 aromatic rings. The third-order valence-corrected chi connectivity index (χ3v) is 5.70. The molecule has 126 valence electrons. The molecule has 0 amide bonds. The van der Waals surface area contributed by atoms with Crippen LogP contribution >= 0.6 is 11.3 Å². The molecule has 0 saturated heterocycles. The van der Waals surface area contributed by atoms with E-state index in [1.54, 1.807) is 18.4 Å². The van der Waals surface area contributed by atoms with Gasteiger partial charge in [-0.1, -0.05) is 32.9 Å². The summed E-state index contributed by atoms with van der Waals surface area (Å²) >= 11 is 1.70. The monoisotopic (exact) mass is 337 g/mol. The van der Waals surface area contributed by atoms with Gasteiger partial charge in [-0.3, -0.25) is 9.09 Å². The van der Waals surface area contributed by atoms with Gasteiger partial charge in [-0.2, -0.15) is 0 Å². The molecule has 6 nitrogen and oxygen atoms in total. The van der Waals surface area contributed by atoms with E-state index in [1.807, 2.05) is 0 Å². The average Bonchev–Trinajstić information content (AvgIpc) is 2.95. The fraction of sp³-hybridized carbons (Fsp3) is 0.688. The summed E-state index contributed by atoms with van der Waals surface area (Å²) in [5, 5.41) is 4.68. The van der Waals surface area contributed by atoms with Crippen molar-refractivity contribution in [2.24, 2.45) is 5.41 Å². The van der Waals surface area contributed by atoms with Crippen LogP contribution in [0.4, 0.5) is 0 Å². The van der Waals surface area contributed by atoms with Gasteiger partial charge in [-0.15, -0.1) is 11.3 Å². The van der Waals surface area contributed by atoms with E-state index in [1.165, 1.54) is 15.1 Å². The van der Waals surface area contributed by atoms with Crippen LogP contribution in [0, 0.1) is 5.41 Å². The number of nitrogens with zero attached hydrogens (tertiary/aromatic N) is 3. The number of hydrogen-bond donors (Lipinski definition) is 0. The highest BCUT2D eigenvalue weighted by Gasteiger charge is 2.39. The van der Waals surface area contributed by atoms with E-state index >= 15 is 0 Å². The van der Waals surface area contributed by atoms with Gasteiger partial charge in [0.15, 0.2) is 5.82 Å². The molecule has 2 heterocycles. The Balaban J connectivity index is 1.94. The molecule has 23 heavy (non-hydrogen) atoms. The third-order valence-electron chi connectivity index (χ3n) is 4.25. The Morgan fingerprint density at radius 1 is 1.35 bits per heavy atom. The van der Waals surface area contributed by atoms with Gasteiger partial charge in [-0.25, -0.2) is 9.78 Å². The highest BCUT2D eigenvalue weighted by molar-refractivity contribution is 7.11. The smallest absolute Gasteiger partial charge is 0.377 e. The second-order valence-electron chi connectivity index (χ2n) is 7.67. The second kappa shape index (κ2) is 5.56. The van der Waals surface area contributed by atoms with E-state index in [0.717, 1.165) is 17.8 Å². The lowest BCUT2D eigenvalue weighted by Crippen LogP contribution is -2.33. The first-order valence-electron chi connectivity index (χ1n) is 7.75. The molecule has 0 fully saturated rings. The van der Waals surface area contributed by atoms with Crippen LogP contribution in [-0.4, -0.2) is 21.8 Å². The molecule has 0 radical (unpaired) electrons. The first-order valence-corrected chi connectivity index (χ1v) is 8.57. The van der Waals surface area contributed by atoms with Crippen LogP contribution in [0.5, 0.6) is 0 Å². The highest BCUT2D eigenvalue weighted by Crippen LogP contribution is 2.47. The van der Waals surface area contributed by atoms with E-state index in [2.05, 4.69) is 32.9 Å². The minimum Gasteiger partial charge on any atom is -0.377 e. The highest BCUT2D eigenvalue weighted by atomic mass is 32.1. The number of fused-ring (bicyclic) bond motifs is 1. The number of ether oxygens (including phenoxy) is 1. The summed E-state index contributed by atoms with van der Waals surface area (Å²) in [4.78, 5) is 18.0. The van der Waals surface area contributed by atoms with E-state index in [9.17, 15) is 4.79 Å². The van der Waals surface area contributed by atoms with Crippen molar-refractivity contribution >= 4 is 11.3 Å². The maximum absolute atomic E-state index is 11.8. The average molecular weight is 337 g/mol. The Kier molecular flexibility index (Phi) is 3.96. The lowest BCUT2D eigenvalue weighted by Gasteiger charge is -2.39. The molecule has 0 saturated carbocycles. The maximum atomic E-state index is 11.8. The van der Waals surface area contributed by atoms with Gasteiger partial charge in [0.1, 0.15) is 11.6 Å². The number of thiazole rings is 1. The number of aromatic nitrogens is 3. The molecule has 3 rings (SSSR count). The summed E-state index contributed by atoms with van der Waals surface area (Å²) in [6.45, 7) is 9.76. The van der Waals surface area contributed by atoms with Crippen molar-refractivity contribution in [1.82, 2.24) is 14.7 Å². The largest absolute Gasteiger partial charge is 0.442 e. The van der Waals surface area contributed by atoms with Crippen molar-refractivity contribution in [3.8, 4) is 0 Å². The van der Waals surface area contributed by atoms with Gasteiger partial charge in [0.05, 0.1) is 12.2 Å². The minimum absolute atomic E-state index is 0.113. The van der Waals surface area contributed by atoms with E-state index in [0.29, 0.717) is 12.4 Å². The Labute approximate surface area is 139 Å².